The minimum absolute atomic E-state index is 0.340. The Morgan fingerprint density at radius 1 is 1.43 bits per heavy atom. The maximum atomic E-state index is 11.4. The maximum absolute atomic E-state index is 11.4. The molecule has 112 valence electrons. The van der Waals surface area contributed by atoms with Crippen molar-refractivity contribution in [3.63, 3.8) is 0 Å². The first-order chi connectivity index (χ1) is 10.1. The van der Waals surface area contributed by atoms with Crippen LogP contribution in [0.15, 0.2) is 35.7 Å². The summed E-state index contributed by atoms with van der Waals surface area (Å²) in [6.07, 6.45) is 3.05. The van der Waals surface area contributed by atoms with Gasteiger partial charge in [0, 0.05) is 6.26 Å². The van der Waals surface area contributed by atoms with Crippen molar-refractivity contribution >= 4 is 16.8 Å². The Morgan fingerprint density at radius 2 is 2.24 bits per heavy atom. The van der Waals surface area contributed by atoms with Gasteiger partial charge in [0.05, 0.1) is 30.0 Å². The van der Waals surface area contributed by atoms with Gasteiger partial charge in [0.15, 0.2) is 0 Å². The second kappa shape index (κ2) is 6.98. The summed E-state index contributed by atoms with van der Waals surface area (Å²) in [5.41, 5.74) is 0.426. The lowest BCUT2D eigenvalue weighted by molar-refractivity contribution is 0.0600. The number of aromatic nitrogens is 3. The second-order valence-corrected chi connectivity index (χ2v) is 5.40. The Bertz CT molecular complexity index is 656. The van der Waals surface area contributed by atoms with E-state index in [0.717, 1.165) is 0 Å². The van der Waals surface area contributed by atoms with Crippen molar-refractivity contribution in [1.29, 1.82) is 0 Å². The molecule has 7 nitrogen and oxygen atoms in total. The smallest absolute Gasteiger partial charge is 0.337 e. The molecule has 2 aromatic rings. The van der Waals surface area contributed by atoms with Gasteiger partial charge in [-0.05, 0) is 18.2 Å². The minimum Gasteiger partial charge on any atom is -0.492 e. The molecule has 0 N–H and O–H groups in total. The Kier molecular flexibility index (Phi) is 5.04. The third kappa shape index (κ3) is 3.88. The average molecular weight is 309 g/mol. The zero-order chi connectivity index (χ0) is 15.2. The van der Waals surface area contributed by atoms with Gasteiger partial charge in [-0.15, -0.1) is 10.2 Å². The molecule has 0 fully saturated rings. The van der Waals surface area contributed by atoms with Crippen molar-refractivity contribution in [1.82, 2.24) is 14.8 Å². The van der Waals surface area contributed by atoms with Crippen LogP contribution in [0.4, 0.5) is 0 Å². The largest absolute Gasteiger partial charge is 0.492 e. The fourth-order valence-electron chi connectivity index (χ4n) is 1.71. The molecule has 0 aliphatic carbocycles. The van der Waals surface area contributed by atoms with Gasteiger partial charge >= 0.3 is 5.97 Å². The van der Waals surface area contributed by atoms with Gasteiger partial charge in [-0.3, -0.25) is 4.21 Å². The summed E-state index contributed by atoms with van der Waals surface area (Å²) in [5.74, 6) is 0.146. The van der Waals surface area contributed by atoms with E-state index >= 15 is 0 Å². The standard InChI is InChI=1S/C13H15N3O4S/c1-19-12(17)10-4-3-5-11(8-10)20-7-6-16-9-14-15-13(16)21(2)18/h3-5,8-9H,6-7H2,1-2H3. The lowest BCUT2D eigenvalue weighted by atomic mass is 10.2. The molecule has 0 saturated carbocycles. The van der Waals surface area contributed by atoms with E-state index in [4.69, 9.17) is 4.74 Å². The van der Waals surface area contributed by atoms with Crippen LogP contribution in [0, 0.1) is 0 Å². The highest BCUT2D eigenvalue weighted by Crippen LogP contribution is 2.14. The number of nitrogens with zero attached hydrogens (tertiary/aromatic N) is 3. The summed E-state index contributed by atoms with van der Waals surface area (Å²) < 4.78 is 23.3. The van der Waals surface area contributed by atoms with Crippen LogP contribution in [0.1, 0.15) is 10.4 Å². The number of ether oxygens (including phenoxy) is 2. The molecule has 21 heavy (non-hydrogen) atoms. The number of methoxy groups -OCH3 is 1. The number of rotatable bonds is 6. The fourth-order valence-corrected chi connectivity index (χ4v) is 2.34. The highest BCUT2D eigenvalue weighted by molar-refractivity contribution is 7.84. The summed E-state index contributed by atoms with van der Waals surface area (Å²) in [4.78, 5) is 11.4. The van der Waals surface area contributed by atoms with E-state index < -0.39 is 16.8 Å². The van der Waals surface area contributed by atoms with Crippen LogP contribution >= 0.6 is 0 Å². The van der Waals surface area contributed by atoms with Gasteiger partial charge in [-0.25, -0.2) is 4.79 Å². The monoisotopic (exact) mass is 309 g/mol. The molecule has 1 unspecified atom stereocenters. The predicted octanol–water partition coefficient (Wildman–Crippen LogP) is 0.881. The Hall–Kier alpha value is -2.22. The van der Waals surface area contributed by atoms with Gasteiger partial charge < -0.3 is 14.0 Å². The molecule has 2 rings (SSSR count). The normalized spacial score (nSPS) is 11.9. The van der Waals surface area contributed by atoms with Crippen LogP contribution in [0.3, 0.4) is 0 Å². The van der Waals surface area contributed by atoms with E-state index in [1.165, 1.54) is 13.4 Å². The van der Waals surface area contributed by atoms with Crippen molar-refractivity contribution in [3.8, 4) is 5.75 Å². The van der Waals surface area contributed by atoms with Crippen LogP contribution in [0.25, 0.3) is 0 Å². The van der Waals surface area contributed by atoms with Crippen molar-refractivity contribution in [2.24, 2.45) is 0 Å². The molecule has 1 atom stereocenters. The van der Waals surface area contributed by atoms with Crippen LogP contribution in [-0.4, -0.2) is 44.9 Å². The van der Waals surface area contributed by atoms with Crippen molar-refractivity contribution < 1.29 is 18.5 Å². The van der Waals surface area contributed by atoms with Gasteiger partial charge in [-0.1, -0.05) is 6.07 Å². The number of carbonyl (C=O) groups excluding carboxylic acids is 1. The lowest BCUT2D eigenvalue weighted by Crippen LogP contribution is -2.11. The highest BCUT2D eigenvalue weighted by Gasteiger charge is 2.09. The Morgan fingerprint density at radius 3 is 2.95 bits per heavy atom. The summed E-state index contributed by atoms with van der Waals surface area (Å²) in [6.45, 7) is 0.803. The molecule has 0 aliphatic heterocycles. The molecule has 8 heteroatoms. The van der Waals surface area contributed by atoms with E-state index in [1.54, 1.807) is 35.1 Å². The summed E-state index contributed by atoms with van der Waals surface area (Å²) >= 11 is 0. The van der Waals surface area contributed by atoms with Gasteiger partial charge in [0.2, 0.25) is 5.16 Å². The topological polar surface area (TPSA) is 83.3 Å². The summed E-state index contributed by atoms with van der Waals surface area (Å²) in [7, 11) is 0.132. The molecule has 0 aliphatic rings. The molecular weight excluding hydrogens is 294 g/mol. The maximum Gasteiger partial charge on any atom is 0.337 e. The van der Waals surface area contributed by atoms with Crippen molar-refractivity contribution in [2.45, 2.75) is 11.7 Å². The van der Waals surface area contributed by atoms with Crippen molar-refractivity contribution in [2.75, 3.05) is 20.0 Å². The SMILES string of the molecule is COC(=O)c1cccc(OCCn2cnnc2S(C)=O)c1. The van der Waals surface area contributed by atoms with Gasteiger partial charge in [-0.2, -0.15) is 0 Å². The van der Waals surface area contributed by atoms with Crippen molar-refractivity contribution in [3.05, 3.63) is 36.2 Å². The average Bonchev–Trinajstić information content (AvgIpc) is 2.95. The fraction of sp³-hybridized carbons (Fsp3) is 0.308. The molecular formula is C13H15N3O4S. The number of carbonyl (C=O) groups is 1. The Balaban J connectivity index is 1.96. The lowest BCUT2D eigenvalue weighted by Gasteiger charge is -2.08. The van der Waals surface area contributed by atoms with E-state index in [9.17, 15) is 9.00 Å². The number of hydrogen-bond acceptors (Lipinski definition) is 6. The van der Waals surface area contributed by atoms with Gasteiger partial charge in [0.1, 0.15) is 18.7 Å². The first-order valence-corrected chi connectivity index (χ1v) is 7.70. The molecule has 0 spiro atoms. The van der Waals surface area contributed by atoms with Crippen LogP contribution in [0.2, 0.25) is 0 Å². The van der Waals surface area contributed by atoms with Crippen LogP contribution < -0.4 is 4.74 Å². The summed E-state index contributed by atoms with van der Waals surface area (Å²) in [5, 5.41) is 7.91. The minimum atomic E-state index is -1.20. The molecule has 1 heterocycles. The molecule has 0 radical (unpaired) electrons. The first-order valence-electron chi connectivity index (χ1n) is 6.14. The molecule has 1 aromatic heterocycles. The number of benzene rings is 1. The highest BCUT2D eigenvalue weighted by atomic mass is 32.2. The third-order valence-corrected chi connectivity index (χ3v) is 3.52. The van der Waals surface area contributed by atoms with E-state index in [0.29, 0.717) is 29.6 Å². The van der Waals surface area contributed by atoms with Crippen LogP contribution in [0.5, 0.6) is 5.75 Å². The van der Waals surface area contributed by atoms with E-state index in [1.807, 2.05) is 0 Å². The predicted molar refractivity (Wildman–Crippen MR) is 75.6 cm³/mol. The molecule has 0 saturated heterocycles. The number of hydrogen-bond donors (Lipinski definition) is 0. The second-order valence-electron chi connectivity index (χ2n) is 4.13. The molecule has 1 aromatic carbocycles. The third-order valence-electron chi connectivity index (χ3n) is 2.69. The van der Waals surface area contributed by atoms with E-state index in [2.05, 4.69) is 14.9 Å². The number of esters is 1. The molecule has 0 bridgehead atoms. The van der Waals surface area contributed by atoms with Gasteiger partial charge in [0.25, 0.3) is 0 Å². The summed E-state index contributed by atoms with van der Waals surface area (Å²) in [6, 6.07) is 6.72. The zero-order valence-electron chi connectivity index (χ0n) is 11.7. The molecule has 0 amide bonds. The first kappa shape index (κ1) is 15.2. The van der Waals surface area contributed by atoms with E-state index in [-0.39, 0.29) is 0 Å². The van der Waals surface area contributed by atoms with Crippen LogP contribution in [-0.2, 0) is 22.1 Å². The quantitative estimate of drug-likeness (QED) is 0.737. The zero-order valence-corrected chi connectivity index (χ0v) is 12.5. The Labute approximate surface area is 124 Å².